The van der Waals surface area contributed by atoms with Gasteiger partial charge in [-0.05, 0) is 20.9 Å². The number of anilines is 1. The molecule has 0 spiro atoms. The van der Waals surface area contributed by atoms with Crippen molar-refractivity contribution < 1.29 is 13.9 Å². The first-order chi connectivity index (χ1) is 9.31. The molecule has 0 fully saturated rings. The van der Waals surface area contributed by atoms with Crippen molar-refractivity contribution in [3.63, 3.8) is 0 Å². The number of rotatable bonds is 11. The van der Waals surface area contributed by atoms with E-state index in [4.69, 9.17) is 13.9 Å². The molecule has 1 rings (SSSR count). The Morgan fingerprint density at radius 3 is 2.37 bits per heavy atom. The average Bonchev–Trinajstić information content (AvgIpc) is 2.86. The van der Waals surface area contributed by atoms with E-state index in [1.54, 1.807) is 6.26 Å². The normalized spacial score (nSPS) is 10.9. The molecule has 110 valence electrons. The fraction of sp³-hybridized carbons (Fsp3) is 0.769. The zero-order valence-electron chi connectivity index (χ0n) is 12.1. The minimum absolute atomic E-state index is 0.629. The number of oxazole rings is 1. The Hall–Kier alpha value is -1.11. The molecule has 6 heteroatoms. The predicted molar refractivity (Wildman–Crippen MR) is 74.5 cm³/mol. The molecule has 19 heavy (non-hydrogen) atoms. The lowest BCUT2D eigenvalue weighted by Crippen LogP contribution is -2.31. The zero-order chi connectivity index (χ0) is 13.9. The molecule has 0 bridgehead atoms. The Morgan fingerprint density at radius 1 is 1.21 bits per heavy atom. The van der Waals surface area contributed by atoms with Crippen LogP contribution in [-0.4, -0.2) is 51.5 Å². The van der Waals surface area contributed by atoms with E-state index in [0.29, 0.717) is 25.8 Å². The molecule has 6 nitrogen and oxygen atoms in total. The van der Waals surface area contributed by atoms with E-state index < -0.39 is 0 Å². The van der Waals surface area contributed by atoms with Crippen LogP contribution in [0.1, 0.15) is 19.5 Å². The zero-order valence-corrected chi connectivity index (χ0v) is 12.1. The van der Waals surface area contributed by atoms with Gasteiger partial charge in [0.2, 0.25) is 0 Å². The molecule has 0 amide bonds. The van der Waals surface area contributed by atoms with Crippen LogP contribution in [0.4, 0.5) is 6.01 Å². The molecule has 0 aliphatic heterocycles. The lowest BCUT2D eigenvalue weighted by Gasteiger charge is -2.20. The standard InChI is InChI=1S/C13H25N3O3/c1-4-17-8-6-16(7-9-18-5-2)13-15-12(10-14-3)11-19-13/h11,14H,4-10H2,1-3H3. The van der Waals surface area contributed by atoms with Crippen LogP contribution in [0, 0.1) is 0 Å². The highest BCUT2D eigenvalue weighted by atomic mass is 16.5. The third-order valence-corrected chi connectivity index (χ3v) is 2.59. The lowest BCUT2D eigenvalue weighted by atomic mass is 10.5. The van der Waals surface area contributed by atoms with Crippen LogP contribution >= 0.6 is 0 Å². The summed E-state index contributed by atoms with van der Waals surface area (Å²) in [4.78, 5) is 6.49. The maximum atomic E-state index is 5.50. The van der Waals surface area contributed by atoms with Crippen LogP contribution in [-0.2, 0) is 16.0 Å². The number of nitrogens with one attached hydrogen (secondary N) is 1. The molecule has 0 radical (unpaired) electrons. The average molecular weight is 271 g/mol. The predicted octanol–water partition coefficient (Wildman–Crippen LogP) is 1.27. The topological polar surface area (TPSA) is 59.8 Å². The molecule has 1 aromatic rings. The lowest BCUT2D eigenvalue weighted by molar-refractivity contribution is 0.140. The van der Waals surface area contributed by atoms with Gasteiger partial charge in [0.05, 0.1) is 18.9 Å². The molecular formula is C13H25N3O3. The van der Waals surface area contributed by atoms with Gasteiger partial charge >= 0.3 is 0 Å². The van der Waals surface area contributed by atoms with Gasteiger partial charge < -0.3 is 24.1 Å². The van der Waals surface area contributed by atoms with Gasteiger partial charge in [-0.25, -0.2) is 0 Å². The quantitative estimate of drug-likeness (QED) is 0.612. The summed E-state index contributed by atoms with van der Waals surface area (Å²) in [7, 11) is 1.89. The van der Waals surface area contributed by atoms with Gasteiger partial charge in [-0.2, -0.15) is 4.98 Å². The molecule has 1 N–H and O–H groups in total. The number of nitrogens with zero attached hydrogens (tertiary/aromatic N) is 2. The Balaban J connectivity index is 2.53. The molecule has 0 saturated carbocycles. The van der Waals surface area contributed by atoms with Crippen LogP contribution in [0.2, 0.25) is 0 Å². The maximum Gasteiger partial charge on any atom is 0.297 e. The summed E-state index contributed by atoms with van der Waals surface area (Å²) in [5.74, 6) is 0. The Labute approximate surface area is 115 Å². The third-order valence-electron chi connectivity index (χ3n) is 2.59. The van der Waals surface area contributed by atoms with Crippen LogP contribution in [0.15, 0.2) is 10.7 Å². The highest BCUT2D eigenvalue weighted by Gasteiger charge is 2.12. The van der Waals surface area contributed by atoms with Crippen molar-refractivity contribution in [2.24, 2.45) is 0 Å². The first-order valence-electron chi connectivity index (χ1n) is 6.81. The first-order valence-corrected chi connectivity index (χ1v) is 6.81. The van der Waals surface area contributed by atoms with E-state index in [-0.39, 0.29) is 0 Å². The summed E-state index contributed by atoms with van der Waals surface area (Å²) < 4.78 is 16.3. The highest BCUT2D eigenvalue weighted by molar-refractivity contribution is 5.26. The van der Waals surface area contributed by atoms with Crippen LogP contribution in [0.3, 0.4) is 0 Å². The smallest absolute Gasteiger partial charge is 0.297 e. The number of aromatic nitrogens is 1. The van der Waals surface area contributed by atoms with Gasteiger partial charge in [-0.1, -0.05) is 0 Å². The maximum absolute atomic E-state index is 5.50. The Bertz CT molecular complexity index is 321. The highest BCUT2D eigenvalue weighted by Crippen LogP contribution is 2.13. The number of hydrogen-bond acceptors (Lipinski definition) is 6. The fourth-order valence-electron chi connectivity index (χ4n) is 1.65. The molecule has 1 heterocycles. The molecule has 0 atom stereocenters. The van der Waals surface area contributed by atoms with Crippen molar-refractivity contribution in [2.75, 3.05) is 51.5 Å². The van der Waals surface area contributed by atoms with Crippen LogP contribution in [0.25, 0.3) is 0 Å². The van der Waals surface area contributed by atoms with Crippen molar-refractivity contribution >= 4 is 6.01 Å². The van der Waals surface area contributed by atoms with E-state index in [2.05, 4.69) is 10.3 Å². The Kier molecular flexibility index (Phi) is 8.20. The van der Waals surface area contributed by atoms with E-state index in [1.807, 2.05) is 25.8 Å². The molecular weight excluding hydrogens is 246 g/mol. The number of ether oxygens (including phenoxy) is 2. The van der Waals surface area contributed by atoms with Crippen molar-refractivity contribution in [1.82, 2.24) is 10.3 Å². The van der Waals surface area contributed by atoms with Gasteiger partial charge in [0.25, 0.3) is 6.01 Å². The first kappa shape index (κ1) is 15.9. The van der Waals surface area contributed by atoms with Gasteiger partial charge in [-0.15, -0.1) is 0 Å². The van der Waals surface area contributed by atoms with E-state index in [1.165, 1.54) is 0 Å². The summed E-state index contributed by atoms with van der Waals surface area (Å²) >= 11 is 0. The Morgan fingerprint density at radius 2 is 1.84 bits per heavy atom. The van der Waals surface area contributed by atoms with Crippen molar-refractivity contribution in [3.8, 4) is 0 Å². The summed E-state index contributed by atoms with van der Waals surface area (Å²) in [6.07, 6.45) is 1.68. The largest absolute Gasteiger partial charge is 0.432 e. The van der Waals surface area contributed by atoms with Crippen molar-refractivity contribution in [2.45, 2.75) is 20.4 Å². The van der Waals surface area contributed by atoms with E-state index >= 15 is 0 Å². The molecule has 0 aliphatic rings. The van der Waals surface area contributed by atoms with Crippen molar-refractivity contribution in [3.05, 3.63) is 12.0 Å². The second kappa shape index (κ2) is 9.77. The van der Waals surface area contributed by atoms with Crippen LogP contribution < -0.4 is 10.2 Å². The molecule has 0 aliphatic carbocycles. The molecule has 0 unspecified atom stereocenters. The minimum atomic E-state index is 0.629. The SMILES string of the molecule is CCOCCN(CCOCC)c1nc(CNC)co1. The summed E-state index contributed by atoms with van der Waals surface area (Å²) in [5.41, 5.74) is 0.898. The monoisotopic (exact) mass is 271 g/mol. The van der Waals surface area contributed by atoms with Gasteiger partial charge in [-0.3, -0.25) is 0 Å². The van der Waals surface area contributed by atoms with Gasteiger partial charge in [0.1, 0.15) is 6.26 Å². The second-order valence-corrected chi connectivity index (χ2v) is 4.03. The second-order valence-electron chi connectivity index (χ2n) is 4.03. The minimum Gasteiger partial charge on any atom is -0.432 e. The fourth-order valence-corrected chi connectivity index (χ4v) is 1.65. The third kappa shape index (κ3) is 6.04. The number of hydrogen-bond donors (Lipinski definition) is 1. The van der Waals surface area contributed by atoms with Gasteiger partial charge in [0.15, 0.2) is 0 Å². The summed E-state index contributed by atoms with van der Waals surface area (Å²) in [6.45, 7) is 8.93. The van der Waals surface area contributed by atoms with E-state index in [9.17, 15) is 0 Å². The molecule has 1 aromatic heterocycles. The van der Waals surface area contributed by atoms with Crippen molar-refractivity contribution in [1.29, 1.82) is 0 Å². The summed E-state index contributed by atoms with van der Waals surface area (Å²) in [6, 6.07) is 0.629. The van der Waals surface area contributed by atoms with Crippen LogP contribution in [0.5, 0.6) is 0 Å². The van der Waals surface area contributed by atoms with E-state index in [0.717, 1.165) is 32.0 Å². The summed E-state index contributed by atoms with van der Waals surface area (Å²) in [5, 5.41) is 3.05. The molecule has 0 aromatic carbocycles. The molecule has 0 saturated heterocycles. The van der Waals surface area contributed by atoms with Gasteiger partial charge in [0, 0.05) is 32.8 Å².